The van der Waals surface area contributed by atoms with E-state index in [0.717, 1.165) is 29.2 Å². The van der Waals surface area contributed by atoms with Gasteiger partial charge in [-0.05, 0) is 50.0 Å². The lowest BCUT2D eigenvalue weighted by Gasteiger charge is -2.23. The summed E-state index contributed by atoms with van der Waals surface area (Å²) in [7, 11) is 0. The van der Waals surface area contributed by atoms with Crippen LogP contribution in [0.4, 0.5) is 0 Å². The lowest BCUT2D eigenvalue weighted by molar-refractivity contribution is 0.267. The van der Waals surface area contributed by atoms with E-state index in [1.807, 2.05) is 19.1 Å². The van der Waals surface area contributed by atoms with Crippen LogP contribution in [0.1, 0.15) is 30.9 Å². The zero-order chi connectivity index (χ0) is 15.2. The van der Waals surface area contributed by atoms with Gasteiger partial charge >= 0.3 is 0 Å². The fourth-order valence-corrected chi connectivity index (χ4v) is 2.92. The SMILES string of the molecule is CCN1CCCC1CNC(N)=NCc1ccc(Cl)c(C)c1.I. The number of hydrogen-bond donors (Lipinski definition) is 2. The average molecular weight is 437 g/mol. The van der Waals surface area contributed by atoms with Gasteiger partial charge in [-0.3, -0.25) is 4.90 Å². The molecule has 0 amide bonds. The van der Waals surface area contributed by atoms with E-state index in [2.05, 4.69) is 28.2 Å². The van der Waals surface area contributed by atoms with Gasteiger partial charge in [0.15, 0.2) is 5.96 Å². The number of likely N-dealkylation sites (N-methyl/N-ethyl adjacent to an activating group) is 1. The summed E-state index contributed by atoms with van der Waals surface area (Å²) in [6.07, 6.45) is 2.52. The van der Waals surface area contributed by atoms with Gasteiger partial charge in [-0.25, -0.2) is 4.99 Å². The molecule has 1 aliphatic heterocycles. The minimum Gasteiger partial charge on any atom is -0.370 e. The number of rotatable bonds is 5. The standard InChI is InChI=1S/C16H25ClN4.HI/c1-3-21-8-4-5-14(21)11-20-16(18)19-10-13-6-7-15(17)12(2)9-13;/h6-7,9,14H,3-5,8,10-11H2,1-2H3,(H3,18,19,20);1H. The van der Waals surface area contributed by atoms with Crippen LogP contribution in [0, 0.1) is 6.92 Å². The van der Waals surface area contributed by atoms with Gasteiger partial charge in [0.05, 0.1) is 6.54 Å². The lowest BCUT2D eigenvalue weighted by Crippen LogP contribution is -2.42. The van der Waals surface area contributed by atoms with Gasteiger partial charge in [-0.1, -0.05) is 30.7 Å². The van der Waals surface area contributed by atoms with Crippen molar-refractivity contribution in [2.45, 2.75) is 39.3 Å². The number of benzene rings is 1. The minimum atomic E-state index is 0. The first-order chi connectivity index (χ1) is 10.1. The molecule has 1 heterocycles. The van der Waals surface area contributed by atoms with Crippen molar-refractivity contribution in [2.24, 2.45) is 10.7 Å². The third-order valence-corrected chi connectivity index (χ3v) is 4.50. The zero-order valence-electron chi connectivity index (χ0n) is 13.3. The molecule has 2 rings (SSSR count). The molecule has 0 bridgehead atoms. The first kappa shape index (κ1) is 19.5. The van der Waals surface area contributed by atoms with Crippen molar-refractivity contribution >= 4 is 41.5 Å². The molecule has 3 N–H and O–H groups in total. The van der Waals surface area contributed by atoms with E-state index in [-0.39, 0.29) is 24.0 Å². The van der Waals surface area contributed by atoms with Crippen LogP contribution in [-0.4, -0.2) is 36.5 Å². The van der Waals surface area contributed by atoms with Crippen LogP contribution < -0.4 is 11.1 Å². The summed E-state index contributed by atoms with van der Waals surface area (Å²) >= 11 is 6.02. The number of nitrogens with zero attached hydrogens (tertiary/aromatic N) is 2. The van der Waals surface area contributed by atoms with Crippen LogP contribution >= 0.6 is 35.6 Å². The second-order valence-electron chi connectivity index (χ2n) is 5.59. The van der Waals surface area contributed by atoms with Crippen LogP contribution in [0.3, 0.4) is 0 Å². The van der Waals surface area contributed by atoms with Crippen LogP contribution in [0.2, 0.25) is 5.02 Å². The van der Waals surface area contributed by atoms with Crippen molar-refractivity contribution in [3.63, 3.8) is 0 Å². The molecule has 6 heteroatoms. The van der Waals surface area contributed by atoms with Crippen molar-refractivity contribution in [1.29, 1.82) is 0 Å². The molecule has 4 nitrogen and oxygen atoms in total. The van der Waals surface area contributed by atoms with E-state index in [0.29, 0.717) is 18.5 Å². The summed E-state index contributed by atoms with van der Waals surface area (Å²) < 4.78 is 0. The van der Waals surface area contributed by atoms with Crippen molar-refractivity contribution in [3.05, 3.63) is 34.3 Å². The Morgan fingerprint density at radius 1 is 1.50 bits per heavy atom. The first-order valence-corrected chi connectivity index (χ1v) is 8.00. The molecule has 1 unspecified atom stereocenters. The minimum absolute atomic E-state index is 0. The Labute approximate surface area is 155 Å². The molecule has 1 aromatic rings. The van der Waals surface area contributed by atoms with Crippen molar-refractivity contribution in [1.82, 2.24) is 10.2 Å². The highest BCUT2D eigenvalue weighted by Gasteiger charge is 2.22. The highest BCUT2D eigenvalue weighted by Crippen LogP contribution is 2.17. The fourth-order valence-electron chi connectivity index (χ4n) is 2.80. The summed E-state index contributed by atoms with van der Waals surface area (Å²) in [5.41, 5.74) is 8.14. The topological polar surface area (TPSA) is 53.6 Å². The Hall–Kier alpha value is -0.530. The van der Waals surface area contributed by atoms with Gasteiger partial charge in [-0.15, -0.1) is 24.0 Å². The Bertz CT molecular complexity index is 507. The van der Waals surface area contributed by atoms with Crippen LogP contribution in [0.5, 0.6) is 0 Å². The number of halogens is 2. The van der Waals surface area contributed by atoms with Gasteiger partial charge in [0.1, 0.15) is 0 Å². The molecular weight excluding hydrogens is 411 g/mol. The molecule has 1 aromatic carbocycles. The highest BCUT2D eigenvalue weighted by atomic mass is 127. The first-order valence-electron chi connectivity index (χ1n) is 7.63. The number of aliphatic imine (C=N–C) groups is 1. The number of aryl methyl sites for hydroxylation is 1. The quantitative estimate of drug-likeness (QED) is 0.423. The van der Waals surface area contributed by atoms with Gasteiger partial charge in [0, 0.05) is 17.6 Å². The monoisotopic (exact) mass is 436 g/mol. The second kappa shape index (κ2) is 9.57. The van der Waals surface area contributed by atoms with E-state index >= 15 is 0 Å². The summed E-state index contributed by atoms with van der Waals surface area (Å²) in [5.74, 6) is 0.519. The average Bonchev–Trinajstić information content (AvgIpc) is 2.94. The van der Waals surface area contributed by atoms with Crippen LogP contribution in [-0.2, 0) is 6.54 Å². The summed E-state index contributed by atoms with van der Waals surface area (Å²) in [5, 5.41) is 4.03. The molecule has 124 valence electrons. The lowest BCUT2D eigenvalue weighted by atomic mass is 10.1. The summed E-state index contributed by atoms with van der Waals surface area (Å²) in [6, 6.07) is 6.53. The molecular formula is C16H26ClIN4. The maximum absolute atomic E-state index is 6.02. The Kier molecular flexibility index (Phi) is 8.49. The molecule has 1 aliphatic rings. The van der Waals surface area contributed by atoms with E-state index in [1.165, 1.54) is 19.4 Å². The third kappa shape index (κ3) is 5.59. The molecule has 1 atom stereocenters. The van der Waals surface area contributed by atoms with Crippen LogP contribution in [0.25, 0.3) is 0 Å². The number of hydrogen-bond acceptors (Lipinski definition) is 2. The van der Waals surface area contributed by atoms with Gasteiger partial charge in [-0.2, -0.15) is 0 Å². The molecule has 22 heavy (non-hydrogen) atoms. The molecule has 0 radical (unpaired) electrons. The molecule has 0 spiro atoms. The molecule has 0 aromatic heterocycles. The van der Waals surface area contributed by atoms with Crippen molar-refractivity contribution in [3.8, 4) is 0 Å². The Morgan fingerprint density at radius 2 is 2.27 bits per heavy atom. The predicted octanol–water partition coefficient (Wildman–Crippen LogP) is 3.16. The zero-order valence-corrected chi connectivity index (χ0v) is 16.4. The van der Waals surface area contributed by atoms with Gasteiger partial charge < -0.3 is 11.1 Å². The maximum atomic E-state index is 6.02. The Morgan fingerprint density at radius 3 is 2.95 bits per heavy atom. The summed E-state index contributed by atoms with van der Waals surface area (Å²) in [6.45, 7) is 7.97. The fraction of sp³-hybridized carbons (Fsp3) is 0.562. The molecule has 1 fully saturated rings. The largest absolute Gasteiger partial charge is 0.370 e. The van der Waals surface area contributed by atoms with E-state index < -0.39 is 0 Å². The van der Waals surface area contributed by atoms with E-state index in [9.17, 15) is 0 Å². The van der Waals surface area contributed by atoms with E-state index in [4.69, 9.17) is 17.3 Å². The molecule has 1 saturated heterocycles. The van der Waals surface area contributed by atoms with Gasteiger partial charge in [0.2, 0.25) is 0 Å². The van der Waals surface area contributed by atoms with Gasteiger partial charge in [0.25, 0.3) is 0 Å². The Balaban J connectivity index is 0.00000242. The number of guanidine groups is 1. The maximum Gasteiger partial charge on any atom is 0.188 e. The molecule has 0 aliphatic carbocycles. The van der Waals surface area contributed by atoms with Crippen molar-refractivity contribution in [2.75, 3.05) is 19.6 Å². The normalized spacial score (nSPS) is 19.0. The number of likely N-dealkylation sites (tertiary alicyclic amines) is 1. The van der Waals surface area contributed by atoms with E-state index in [1.54, 1.807) is 0 Å². The predicted molar refractivity (Wildman–Crippen MR) is 105 cm³/mol. The molecule has 0 saturated carbocycles. The van der Waals surface area contributed by atoms with Crippen molar-refractivity contribution < 1.29 is 0 Å². The highest BCUT2D eigenvalue weighted by molar-refractivity contribution is 14.0. The second-order valence-corrected chi connectivity index (χ2v) is 6.00. The smallest absolute Gasteiger partial charge is 0.188 e. The van der Waals surface area contributed by atoms with Crippen LogP contribution in [0.15, 0.2) is 23.2 Å². The summed E-state index contributed by atoms with van der Waals surface area (Å²) in [4.78, 5) is 6.89. The number of nitrogens with two attached hydrogens (primary N) is 1. The third-order valence-electron chi connectivity index (χ3n) is 4.08. The number of nitrogens with one attached hydrogen (secondary N) is 1.